The van der Waals surface area contributed by atoms with Crippen LogP contribution in [0.5, 0.6) is 0 Å². The predicted molar refractivity (Wildman–Crippen MR) is 128 cm³/mol. The van der Waals surface area contributed by atoms with E-state index in [1.165, 1.54) is 0 Å². The standard InChI is InChI=1S/C25H25Cl2N3O4/c1-3-21(24-29-28-14(2)34-24)30-23(15-7-9-18(26)10-8-15)20(16-5-4-6-19(27)11-16)12-17(25(30)33)13-22(31)32/h4-11,17,20-21,23H,3,12-13H2,1-2H3,(H,31,32)/t17?,20-,21?,23-/m1/s1. The molecule has 0 saturated carbocycles. The maximum absolute atomic E-state index is 13.9. The molecule has 178 valence electrons. The monoisotopic (exact) mass is 501 g/mol. The molecule has 0 spiro atoms. The zero-order valence-electron chi connectivity index (χ0n) is 18.8. The highest BCUT2D eigenvalue weighted by molar-refractivity contribution is 6.30. The second-order valence-corrected chi connectivity index (χ2v) is 9.39. The Kier molecular flexibility index (Phi) is 7.24. The summed E-state index contributed by atoms with van der Waals surface area (Å²) in [4.78, 5) is 27.3. The van der Waals surface area contributed by atoms with Crippen molar-refractivity contribution in [3.8, 4) is 0 Å². The highest BCUT2D eigenvalue weighted by Crippen LogP contribution is 2.50. The molecular formula is C25H25Cl2N3O4. The van der Waals surface area contributed by atoms with Crippen LogP contribution in [-0.4, -0.2) is 32.1 Å². The van der Waals surface area contributed by atoms with Crippen LogP contribution in [0.2, 0.25) is 10.0 Å². The average molecular weight is 502 g/mol. The Bertz CT molecular complexity index is 1180. The van der Waals surface area contributed by atoms with Crippen molar-refractivity contribution in [2.45, 2.75) is 51.1 Å². The van der Waals surface area contributed by atoms with Gasteiger partial charge in [0.25, 0.3) is 0 Å². The summed E-state index contributed by atoms with van der Waals surface area (Å²) in [6.45, 7) is 3.63. The van der Waals surface area contributed by atoms with Crippen LogP contribution in [0.4, 0.5) is 0 Å². The van der Waals surface area contributed by atoms with E-state index in [0.717, 1.165) is 11.1 Å². The quantitative estimate of drug-likeness (QED) is 0.427. The van der Waals surface area contributed by atoms with Gasteiger partial charge in [-0.1, -0.05) is 54.4 Å². The van der Waals surface area contributed by atoms with E-state index in [1.54, 1.807) is 30.0 Å². The van der Waals surface area contributed by atoms with Crippen LogP contribution in [0.1, 0.15) is 67.1 Å². The third-order valence-electron chi connectivity index (χ3n) is 6.28. The molecular weight excluding hydrogens is 477 g/mol. The van der Waals surface area contributed by atoms with Crippen LogP contribution in [0.3, 0.4) is 0 Å². The van der Waals surface area contributed by atoms with Gasteiger partial charge in [0.1, 0.15) is 6.04 Å². The third kappa shape index (κ3) is 4.95. The number of carboxylic acids is 1. The Balaban J connectivity index is 1.90. The van der Waals surface area contributed by atoms with Gasteiger partial charge in [-0.3, -0.25) is 9.59 Å². The number of aromatic nitrogens is 2. The van der Waals surface area contributed by atoms with Crippen LogP contribution in [0, 0.1) is 12.8 Å². The van der Waals surface area contributed by atoms with Crippen LogP contribution in [0.25, 0.3) is 0 Å². The number of amides is 1. The Labute approximate surface area is 207 Å². The normalized spacial score (nSPS) is 21.5. The summed E-state index contributed by atoms with van der Waals surface area (Å²) < 4.78 is 5.74. The molecule has 0 radical (unpaired) electrons. The molecule has 1 fully saturated rings. The molecule has 1 amide bonds. The van der Waals surface area contributed by atoms with Gasteiger partial charge in [0.05, 0.1) is 12.5 Å². The number of benzene rings is 2. The molecule has 1 aromatic heterocycles. The van der Waals surface area contributed by atoms with Gasteiger partial charge >= 0.3 is 5.97 Å². The van der Waals surface area contributed by atoms with Crippen LogP contribution >= 0.6 is 23.2 Å². The number of halogens is 2. The van der Waals surface area contributed by atoms with Gasteiger partial charge in [0.15, 0.2) is 0 Å². The molecule has 1 saturated heterocycles. The minimum Gasteiger partial charge on any atom is -0.481 e. The molecule has 4 rings (SSSR count). The summed E-state index contributed by atoms with van der Waals surface area (Å²) >= 11 is 12.5. The van der Waals surface area contributed by atoms with Gasteiger partial charge in [0, 0.05) is 28.8 Å². The second kappa shape index (κ2) is 10.2. The van der Waals surface area contributed by atoms with Gasteiger partial charge in [-0.05, 0) is 48.2 Å². The van der Waals surface area contributed by atoms with E-state index in [0.29, 0.717) is 34.7 Å². The zero-order valence-corrected chi connectivity index (χ0v) is 20.3. The van der Waals surface area contributed by atoms with Gasteiger partial charge in [-0.2, -0.15) is 0 Å². The number of carbonyl (C=O) groups excluding carboxylic acids is 1. The van der Waals surface area contributed by atoms with E-state index in [4.69, 9.17) is 27.6 Å². The van der Waals surface area contributed by atoms with Gasteiger partial charge in [-0.25, -0.2) is 0 Å². The molecule has 0 bridgehead atoms. The van der Waals surface area contributed by atoms with E-state index in [2.05, 4.69) is 10.2 Å². The second-order valence-electron chi connectivity index (χ2n) is 8.52. The van der Waals surface area contributed by atoms with Crippen molar-refractivity contribution >= 4 is 35.1 Å². The molecule has 1 aliphatic heterocycles. The molecule has 7 nitrogen and oxygen atoms in total. The highest BCUT2D eigenvalue weighted by Gasteiger charge is 2.47. The first-order valence-corrected chi connectivity index (χ1v) is 11.9. The number of hydrogen-bond donors (Lipinski definition) is 1. The summed E-state index contributed by atoms with van der Waals surface area (Å²) in [5.74, 6) is -1.45. The molecule has 2 aromatic carbocycles. The van der Waals surface area contributed by atoms with Crippen molar-refractivity contribution < 1.29 is 19.1 Å². The smallest absolute Gasteiger partial charge is 0.304 e. The van der Waals surface area contributed by atoms with Crippen molar-refractivity contribution in [1.29, 1.82) is 0 Å². The minimum absolute atomic E-state index is 0.208. The Morgan fingerprint density at radius 3 is 2.47 bits per heavy atom. The number of hydrogen-bond acceptors (Lipinski definition) is 5. The van der Waals surface area contributed by atoms with Gasteiger partial charge in [0.2, 0.25) is 17.7 Å². The molecule has 2 heterocycles. The fraction of sp³-hybridized carbons (Fsp3) is 0.360. The Morgan fingerprint density at radius 2 is 1.88 bits per heavy atom. The molecule has 3 aromatic rings. The summed E-state index contributed by atoms with van der Waals surface area (Å²) in [6.07, 6.45) is 0.618. The van der Waals surface area contributed by atoms with Crippen LogP contribution < -0.4 is 0 Å². The number of likely N-dealkylation sites (tertiary alicyclic amines) is 1. The highest BCUT2D eigenvalue weighted by atomic mass is 35.5. The van der Waals surface area contributed by atoms with E-state index in [1.807, 2.05) is 37.3 Å². The van der Waals surface area contributed by atoms with E-state index < -0.39 is 24.0 Å². The lowest BCUT2D eigenvalue weighted by atomic mass is 9.74. The molecule has 9 heteroatoms. The van der Waals surface area contributed by atoms with Crippen molar-refractivity contribution in [2.24, 2.45) is 5.92 Å². The minimum atomic E-state index is -1.02. The first-order chi connectivity index (χ1) is 16.3. The van der Waals surface area contributed by atoms with E-state index in [-0.39, 0.29) is 18.2 Å². The predicted octanol–water partition coefficient (Wildman–Crippen LogP) is 5.98. The maximum atomic E-state index is 13.9. The van der Waals surface area contributed by atoms with Crippen molar-refractivity contribution in [3.05, 3.63) is 81.5 Å². The van der Waals surface area contributed by atoms with Crippen LogP contribution in [-0.2, 0) is 9.59 Å². The first-order valence-electron chi connectivity index (χ1n) is 11.1. The van der Waals surface area contributed by atoms with Crippen LogP contribution in [0.15, 0.2) is 52.9 Å². The number of aryl methyl sites for hydroxylation is 1. The molecule has 1 N–H and O–H groups in total. The van der Waals surface area contributed by atoms with Gasteiger partial charge in [-0.15, -0.1) is 10.2 Å². The fourth-order valence-electron chi connectivity index (χ4n) is 4.85. The SMILES string of the molecule is CCC(c1nnc(C)o1)N1C(=O)C(CC(=O)O)C[C@H](c2cccc(Cl)c2)[C@H]1c1ccc(Cl)cc1. The van der Waals surface area contributed by atoms with E-state index >= 15 is 0 Å². The first kappa shape index (κ1) is 24.2. The number of nitrogens with zero attached hydrogens (tertiary/aromatic N) is 3. The number of carbonyl (C=O) groups is 2. The van der Waals surface area contributed by atoms with Crippen molar-refractivity contribution in [3.63, 3.8) is 0 Å². The van der Waals surface area contributed by atoms with Crippen molar-refractivity contribution in [1.82, 2.24) is 15.1 Å². The van der Waals surface area contributed by atoms with Gasteiger partial charge < -0.3 is 14.4 Å². The number of piperidine rings is 1. The van der Waals surface area contributed by atoms with E-state index in [9.17, 15) is 14.7 Å². The molecule has 2 unspecified atom stereocenters. The topological polar surface area (TPSA) is 96.5 Å². The molecule has 34 heavy (non-hydrogen) atoms. The molecule has 4 atom stereocenters. The average Bonchev–Trinajstić information content (AvgIpc) is 3.23. The lowest BCUT2D eigenvalue weighted by molar-refractivity contribution is -0.153. The lowest BCUT2D eigenvalue weighted by Gasteiger charge is -2.47. The largest absolute Gasteiger partial charge is 0.481 e. The fourth-order valence-corrected chi connectivity index (χ4v) is 5.18. The maximum Gasteiger partial charge on any atom is 0.304 e. The summed E-state index contributed by atoms with van der Waals surface area (Å²) in [5, 5.41) is 18.9. The third-order valence-corrected chi connectivity index (χ3v) is 6.77. The zero-order chi connectivity index (χ0) is 24.4. The summed E-state index contributed by atoms with van der Waals surface area (Å²) in [5.41, 5.74) is 1.81. The summed E-state index contributed by atoms with van der Waals surface area (Å²) in [6, 6.07) is 13.9. The Hall–Kier alpha value is -2.90. The lowest BCUT2D eigenvalue weighted by Crippen LogP contribution is -2.49. The molecule has 0 aliphatic carbocycles. The van der Waals surface area contributed by atoms with Crippen molar-refractivity contribution in [2.75, 3.05) is 0 Å². The number of aliphatic carboxylic acids is 1. The summed E-state index contributed by atoms with van der Waals surface area (Å²) in [7, 11) is 0. The number of rotatable bonds is 7. The Morgan fingerprint density at radius 1 is 1.15 bits per heavy atom. The number of carboxylic acid groups (broad SMARTS) is 1. The molecule has 1 aliphatic rings.